The van der Waals surface area contributed by atoms with Gasteiger partial charge in [-0.1, -0.05) is 85.3 Å². The van der Waals surface area contributed by atoms with Gasteiger partial charge in [0.15, 0.2) is 0 Å². The van der Waals surface area contributed by atoms with E-state index >= 15 is 0 Å². The highest BCUT2D eigenvalue weighted by molar-refractivity contribution is 5.91. The minimum Gasteiger partial charge on any atom is -0.311 e. The fraction of sp³-hybridized carbons (Fsp3) is 0.105. The van der Waals surface area contributed by atoms with Crippen LogP contribution in [0.15, 0.2) is 133 Å². The Morgan fingerprint density at radius 3 is 1.95 bits per heavy atom. The first kappa shape index (κ1) is 24.2. The molecule has 0 saturated heterocycles. The Balaban J connectivity index is 1.31. The molecule has 2 heteroatoms. The van der Waals surface area contributed by atoms with E-state index in [9.17, 15) is 0 Å². The smallest absolute Gasteiger partial charge is 0.0537 e. The van der Waals surface area contributed by atoms with Gasteiger partial charge in [-0.25, -0.2) is 0 Å². The van der Waals surface area contributed by atoms with E-state index in [0.717, 1.165) is 23.5 Å². The van der Waals surface area contributed by atoms with E-state index in [2.05, 4.69) is 163 Å². The van der Waals surface area contributed by atoms with Gasteiger partial charge >= 0.3 is 0 Å². The average Bonchev–Trinajstić information content (AvgIpc) is 3.31. The summed E-state index contributed by atoms with van der Waals surface area (Å²) >= 11 is 0. The van der Waals surface area contributed by atoms with Crippen LogP contribution in [-0.4, -0.2) is 4.57 Å². The molecule has 0 radical (unpaired) electrons. The largest absolute Gasteiger partial charge is 0.311 e. The number of hydrogen-bond acceptors (Lipinski definition) is 1. The molecule has 0 bridgehead atoms. The standard InChI is InChI=1S/C38H32N2/c1-27-13-23-37-35(25-27)36-26-28(2)14-24-38(36)40(37)34-21-19-33(20-22-34)39(31-11-7-4-8-12-31)32-17-15-30(16-18-32)29-9-5-3-6-10-29/h3-25,28H,26H2,1-2H3. The van der Waals surface area contributed by atoms with Crippen molar-refractivity contribution < 1.29 is 0 Å². The van der Waals surface area contributed by atoms with Crippen LogP contribution in [0.1, 0.15) is 23.7 Å². The van der Waals surface area contributed by atoms with Crippen molar-refractivity contribution in [2.45, 2.75) is 20.3 Å². The van der Waals surface area contributed by atoms with Crippen LogP contribution in [-0.2, 0) is 6.42 Å². The number of fused-ring (bicyclic) bond motifs is 3. The van der Waals surface area contributed by atoms with Gasteiger partial charge < -0.3 is 9.47 Å². The average molecular weight is 517 g/mol. The molecule has 2 nitrogen and oxygen atoms in total. The molecule has 1 aromatic heterocycles. The van der Waals surface area contributed by atoms with E-state index in [1.165, 1.54) is 44.5 Å². The summed E-state index contributed by atoms with van der Waals surface area (Å²) in [5.74, 6) is 0.558. The van der Waals surface area contributed by atoms with Crippen LogP contribution in [0.2, 0.25) is 0 Å². The quantitative estimate of drug-likeness (QED) is 0.221. The first-order valence-electron chi connectivity index (χ1n) is 14.1. The number of para-hydroxylation sites is 1. The minimum atomic E-state index is 0.558. The second-order valence-electron chi connectivity index (χ2n) is 10.9. The summed E-state index contributed by atoms with van der Waals surface area (Å²) in [6.45, 7) is 4.49. The number of aryl methyl sites for hydroxylation is 1. The maximum atomic E-state index is 2.43. The summed E-state index contributed by atoms with van der Waals surface area (Å²) in [7, 11) is 0. The molecule has 7 rings (SSSR count). The number of hydrogen-bond donors (Lipinski definition) is 0. The third-order valence-electron chi connectivity index (χ3n) is 7.99. The molecule has 40 heavy (non-hydrogen) atoms. The predicted octanol–water partition coefficient (Wildman–Crippen LogP) is 10.3. The predicted molar refractivity (Wildman–Crippen MR) is 170 cm³/mol. The zero-order valence-corrected chi connectivity index (χ0v) is 23.0. The molecular formula is C38H32N2. The van der Waals surface area contributed by atoms with Gasteiger partial charge in [-0.3, -0.25) is 0 Å². The summed E-state index contributed by atoms with van der Waals surface area (Å²) in [5.41, 5.74) is 12.4. The second kappa shape index (κ2) is 10.1. The number of rotatable bonds is 5. The van der Waals surface area contributed by atoms with E-state index in [-0.39, 0.29) is 0 Å². The van der Waals surface area contributed by atoms with Crippen molar-refractivity contribution in [2.24, 2.45) is 5.92 Å². The molecule has 5 aromatic carbocycles. The lowest BCUT2D eigenvalue weighted by Gasteiger charge is -2.26. The van der Waals surface area contributed by atoms with Crippen molar-refractivity contribution in [1.82, 2.24) is 4.57 Å². The van der Waals surface area contributed by atoms with Crippen molar-refractivity contribution in [1.29, 1.82) is 0 Å². The lowest BCUT2D eigenvalue weighted by atomic mass is 9.93. The Bertz CT molecular complexity index is 1810. The molecule has 6 aromatic rings. The Morgan fingerprint density at radius 2 is 1.25 bits per heavy atom. The van der Waals surface area contributed by atoms with Crippen LogP contribution < -0.4 is 4.90 Å². The normalized spacial score (nSPS) is 14.3. The zero-order chi connectivity index (χ0) is 27.1. The fourth-order valence-corrected chi connectivity index (χ4v) is 6.01. The molecule has 0 saturated carbocycles. The van der Waals surface area contributed by atoms with Gasteiger partial charge in [-0.05, 0) is 103 Å². The van der Waals surface area contributed by atoms with Crippen molar-refractivity contribution in [3.8, 4) is 16.8 Å². The number of benzene rings is 5. The lowest BCUT2D eigenvalue weighted by Crippen LogP contribution is -2.10. The molecule has 0 aliphatic heterocycles. The Hall–Kier alpha value is -4.82. The van der Waals surface area contributed by atoms with E-state index < -0.39 is 0 Å². The van der Waals surface area contributed by atoms with Gasteiger partial charge in [0.05, 0.1) is 5.52 Å². The molecule has 1 atom stereocenters. The van der Waals surface area contributed by atoms with Crippen molar-refractivity contribution in [3.63, 3.8) is 0 Å². The van der Waals surface area contributed by atoms with Crippen LogP contribution in [0.4, 0.5) is 17.1 Å². The van der Waals surface area contributed by atoms with Gasteiger partial charge in [0, 0.05) is 33.8 Å². The van der Waals surface area contributed by atoms with Crippen LogP contribution >= 0.6 is 0 Å². The van der Waals surface area contributed by atoms with Gasteiger partial charge in [0.25, 0.3) is 0 Å². The monoisotopic (exact) mass is 516 g/mol. The first-order valence-corrected chi connectivity index (χ1v) is 14.1. The highest BCUT2D eigenvalue weighted by Gasteiger charge is 2.21. The van der Waals surface area contributed by atoms with E-state index in [1.54, 1.807) is 0 Å². The van der Waals surface area contributed by atoms with Crippen LogP contribution in [0.3, 0.4) is 0 Å². The maximum Gasteiger partial charge on any atom is 0.0537 e. The third kappa shape index (κ3) is 4.32. The zero-order valence-electron chi connectivity index (χ0n) is 23.0. The molecule has 1 aliphatic carbocycles. The molecule has 1 aliphatic rings. The lowest BCUT2D eigenvalue weighted by molar-refractivity contribution is 0.717. The molecule has 0 fully saturated rings. The summed E-state index contributed by atoms with van der Waals surface area (Å²) in [6, 6.07) is 45.9. The molecule has 0 amide bonds. The fourth-order valence-electron chi connectivity index (χ4n) is 6.01. The van der Waals surface area contributed by atoms with E-state index in [4.69, 9.17) is 0 Å². The number of anilines is 3. The first-order chi connectivity index (χ1) is 19.7. The summed E-state index contributed by atoms with van der Waals surface area (Å²) < 4.78 is 2.43. The minimum absolute atomic E-state index is 0.558. The second-order valence-corrected chi connectivity index (χ2v) is 10.9. The molecule has 194 valence electrons. The van der Waals surface area contributed by atoms with Crippen molar-refractivity contribution in [3.05, 3.63) is 150 Å². The molecule has 1 heterocycles. The third-order valence-corrected chi connectivity index (χ3v) is 7.99. The summed E-state index contributed by atoms with van der Waals surface area (Å²) in [5, 5.41) is 1.37. The molecular weight excluding hydrogens is 484 g/mol. The SMILES string of the molecule is Cc1ccc2c(c1)c1c(n2-c2ccc(N(c3ccccc3)c3ccc(-c4ccccc4)cc3)cc2)C=CC(C)C1. The van der Waals surface area contributed by atoms with Crippen LogP contribution in [0.5, 0.6) is 0 Å². The Kier molecular flexibility index (Phi) is 6.09. The number of nitrogens with zero attached hydrogens (tertiary/aromatic N) is 2. The molecule has 0 N–H and O–H groups in total. The van der Waals surface area contributed by atoms with Gasteiger partial charge in [-0.15, -0.1) is 0 Å². The van der Waals surface area contributed by atoms with Crippen molar-refractivity contribution in [2.75, 3.05) is 4.90 Å². The van der Waals surface area contributed by atoms with Gasteiger partial charge in [0.2, 0.25) is 0 Å². The molecule has 0 spiro atoms. The number of aromatic nitrogens is 1. The molecule has 1 unspecified atom stereocenters. The van der Waals surface area contributed by atoms with E-state index in [0.29, 0.717) is 5.92 Å². The topological polar surface area (TPSA) is 8.17 Å². The summed E-state index contributed by atoms with van der Waals surface area (Å²) in [6.07, 6.45) is 5.74. The van der Waals surface area contributed by atoms with Crippen LogP contribution in [0.25, 0.3) is 33.8 Å². The number of allylic oxidation sites excluding steroid dienone is 1. The van der Waals surface area contributed by atoms with E-state index in [1.807, 2.05) is 0 Å². The Morgan fingerprint density at radius 1 is 0.650 bits per heavy atom. The van der Waals surface area contributed by atoms with Crippen molar-refractivity contribution >= 4 is 34.0 Å². The summed E-state index contributed by atoms with van der Waals surface area (Å²) in [4.78, 5) is 2.33. The van der Waals surface area contributed by atoms with Crippen LogP contribution in [0, 0.1) is 12.8 Å². The van der Waals surface area contributed by atoms with Gasteiger partial charge in [-0.2, -0.15) is 0 Å². The highest BCUT2D eigenvalue weighted by Crippen LogP contribution is 2.38. The van der Waals surface area contributed by atoms with Gasteiger partial charge in [0.1, 0.15) is 0 Å². The maximum absolute atomic E-state index is 2.43. The Labute approximate surface area is 236 Å². The highest BCUT2D eigenvalue weighted by atomic mass is 15.1.